The number of rotatable bonds is 5. The van der Waals surface area contributed by atoms with Crippen LogP contribution in [0.1, 0.15) is 4.88 Å². The van der Waals surface area contributed by atoms with Crippen LogP contribution in [-0.4, -0.2) is 64.0 Å². The lowest BCUT2D eigenvalue weighted by atomic mass is 10.3. The molecule has 0 bridgehead atoms. The molecular weight excluding hydrogens is 481 g/mol. The van der Waals surface area contributed by atoms with E-state index in [9.17, 15) is 0 Å². The average Bonchev–Trinajstić information content (AvgIpc) is 2.90. The number of nitrogens with one attached hydrogen (secondary N) is 1. The van der Waals surface area contributed by atoms with Crippen molar-refractivity contribution in [2.24, 2.45) is 4.99 Å². The molecule has 8 heteroatoms. The van der Waals surface area contributed by atoms with Crippen molar-refractivity contribution < 1.29 is 9.47 Å². The minimum Gasteiger partial charge on any atom is -0.382 e. The van der Waals surface area contributed by atoms with Crippen molar-refractivity contribution in [3.05, 3.63) is 20.8 Å². The summed E-state index contributed by atoms with van der Waals surface area (Å²) < 4.78 is 12.0. The first-order valence-electron chi connectivity index (χ1n) is 7.03. The Morgan fingerprint density at radius 1 is 1.59 bits per heavy atom. The number of hydrogen-bond acceptors (Lipinski definition) is 4. The molecule has 2 heterocycles. The molecule has 1 aliphatic rings. The minimum atomic E-state index is 0. The smallest absolute Gasteiger partial charge is 0.193 e. The number of methoxy groups -OCH3 is 1. The van der Waals surface area contributed by atoms with Gasteiger partial charge in [0.05, 0.1) is 23.1 Å². The fraction of sp³-hybridized carbons (Fsp3) is 0.643. The van der Waals surface area contributed by atoms with E-state index in [-0.39, 0.29) is 30.1 Å². The van der Waals surface area contributed by atoms with E-state index in [4.69, 9.17) is 9.47 Å². The van der Waals surface area contributed by atoms with Crippen LogP contribution < -0.4 is 5.32 Å². The Bertz CT molecular complexity index is 471. The zero-order chi connectivity index (χ0) is 15.1. The van der Waals surface area contributed by atoms with E-state index < -0.39 is 0 Å². The van der Waals surface area contributed by atoms with Crippen LogP contribution >= 0.6 is 51.2 Å². The van der Waals surface area contributed by atoms with Crippen molar-refractivity contribution >= 4 is 57.2 Å². The van der Waals surface area contributed by atoms with Crippen LogP contribution in [0.15, 0.2) is 20.9 Å². The molecule has 1 aromatic heterocycles. The lowest BCUT2D eigenvalue weighted by molar-refractivity contribution is -0.0447. The minimum absolute atomic E-state index is 0. The van der Waals surface area contributed by atoms with Crippen molar-refractivity contribution in [3.63, 3.8) is 0 Å². The van der Waals surface area contributed by atoms with Crippen LogP contribution in [0.5, 0.6) is 0 Å². The summed E-state index contributed by atoms with van der Waals surface area (Å²) in [5.74, 6) is 0.940. The maximum Gasteiger partial charge on any atom is 0.193 e. The SMILES string of the molecule is CN=C(NCCc1ccc(Br)s1)N1CCOC(COC)C1.I. The first-order chi connectivity index (χ1) is 10.2. The average molecular weight is 504 g/mol. The summed E-state index contributed by atoms with van der Waals surface area (Å²) in [5.41, 5.74) is 0. The summed E-state index contributed by atoms with van der Waals surface area (Å²) in [7, 11) is 3.53. The van der Waals surface area contributed by atoms with Gasteiger partial charge in [0, 0.05) is 38.7 Å². The van der Waals surface area contributed by atoms with Gasteiger partial charge in [-0.1, -0.05) is 0 Å². The number of thiophene rings is 1. The Morgan fingerprint density at radius 3 is 3.05 bits per heavy atom. The molecule has 5 nitrogen and oxygen atoms in total. The summed E-state index contributed by atoms with van der Waals surface area (Å²) in [6, 6.07) is 4.24. The number of aliphatic imine (C=N–C) groups is 1. The quantitative estimate of drug-likeness (QED) is 0.381. The highest BCUT2D eigenvalue weighted by atomic mass is 127. The summed E-state index contributed by atoms with van der Waals surface area (Å²) >= 11 is 5.27. The van der Waals surface area contributed by atoms with Gasteiger partial charge in [0.2, 0.25) is 0 Å². The molecule has 1 saturated heterocycles. The van der Waals surface area contributed by atoms with Crippen LogP contribution in [-0.2, 0) is 15.9 Å². The van der Waals surface area contributed by atoms with E-state index in [0.717, 1.165) is 32.0 Å². The molecule has 1 aliphatic heterocycles. The van der Waals surface area contributed by atoms with Gasteiger partial charge in [0.1, 0.15) is 0 Å². The van der Waals surface area contributed by atoms with Crippen molar-refractivity contribution in [1.82, 2.24) is 10.2 Å². The van der Waals surface area contributed by atoms with Crippen LogP contribution in [0.2, 0.25) is 0 Å². The Balaban J connectivity index is 0.00000242. The number of morpholine rings is 1. The molecule has 1 aromatic rings. The second kappa shape index (κ2) is 10.8. The molecule has 0 aromatic carbocycles. The highest BCUT2D eigenvalue weighted by Crippen LogP contribution is 2.22. The molecule has 0 aliphatic carbocycles. The van der Waals surface area contributed by atoms with Gasteiger partial charge in [-0.15, -0.1) is 35.3 Å². The van der Waals surface area contributed by atoms with E-state index in [1.54, 1.807) is 18.4 Å². The largest absolute Gasteiger partial charge is 0.382 e. The van der Waals surface area contributed by atoms with Crippen LogP contribution in [0.4, 0.5) is 0 Å². The second-order valence-corrected chi connectivity index (χ2v) is 7.37. The first-order valence-corrected chi connectivity index (χ1v) is 8.64. The van der Waals surface area contributed by atoms with Gasteiger partial charge in [-0.2, -0.15) is 0 Å². The van der Waals surface area contributed by atoms with Crippen LogP contribution in [0.3, 0.4) is 0 Å². The topological polar surface area (TPSA) is 46.1 Å². The van der Waals surface area contributed by atoms with Gasteiger partial charge >= 0.3 is 0 Å². The predicted molar refractivity (Wildman–Crippen MR) is 106 cm³/mol. The molecule has 1 unspecified atom stereocenters. The Hall–Kier alpha value is 0.1000. The fourth-order valence-corrected chi connectivity index (χ4v) is 3.80. The molecular formula is C14H23BrIN3O2S. The van der Waals surface area contributed by atoms with Gasteiger partial charge in [-0.05, 0) is 34.5 Å². The highest BCUT2D eigenvalue weighted by Gasteiger charge is 2.22. The van der Waals surface area contributed by atoms with Crippen molar-refractivity contribution in [2.75, 3.05) is 47.0 Å². The van der Waals surface area contributed by atoms with Gasteiger partial charge in [-0.25, -0.2) is 0 Å². The van der Waals surface area contributed by atoms with Crippen molar-refractivity contribution in [3.8, 4) is 0 Å². The van der Waals surface area contributed by atoms with Gasteiger partial charge in [0.15, 0.2) is 5.96 Å². The summed E-state index contributed by atoms with van der Waals surface area (Å²) in [6.45, 7) is 3.90. The lowest BCUT2D eigenvalue weighted by Gasteiger charge is -2.34. The van der Waals surface area contributed by atoms with Crippen molar-refractivity contribution in [1.29, 1.82) is 0 Å². The lowest BCUT2D eigenvalue weighted by Crippen LogP contribution is -2.51. The predicted octanol–water partition coefficient (Wildman–Crippen LogP) is 2.59. The molecule has 0 radical (unpaired) electrons. The molecule has 126 valence electrons. The summed E-state index contributed by atoms with van der Waals surface area (Å²) in [5, 5.41) is 3.43. The zero-order valence-electron chi connectivity index (χ0n) is 12.9. The third kappa shape index (κ3) is 6.31. The number of hydrogen-bond donors (Lipinski definition) is 1. The monoisotopic (exact) mass is 503 g/mol. The van der Waals surface area contributed by atoms with E-state index in [2.05, 4.69) is 43.3 Å². The van der Waals surface area contributed by atoms with Crippen LogP contribution in [0, 0.1) is 0 Å². The van der Waals surface area contributed by atoms with Crippen molar-refractivity contribution in [2.45, 2.75) is 12.5 Å². The Morgan fingerprint density at radius 2 is 2.41 bits per heavy atom. The highest BCUT2D eigenvalue weighted by molar-refractivity contribution is 14.0. The van der Waals surface area contributed by atoms with E-state index in [1.165, 1.54) is 8.66 Å². The molecule has 22 heavy (non-hydrogen) atoms. The van der Waals surface area contributed by atoms with Gasteiger partial charge < -0.3 is 19.7 Å². The maximum absolute atomic E-state index is 5.67. The summed E-state index contributed by atoms with van der Waals surface area (Å²) in [6.07, 6.45) is 1.12. The van der Waals surface area contributed by atoms with E-state index in [0.29, 0.717) is 13.2 Å². The Labute approximate surface area is 161 Å². The number of halogens is 2. The standard InChI is InChI=1S/C14H22BrN3O2S.HI/c1-16-14(17-6-5-12-3-4-13(15)21-12)18-7-8-20-11(9-18)10-19-2;/h3-4,11H,5-10H2,1-2H3,(H,16,17);1H. The zero-order valence-corrected chi connectivity index (χ0v) is 17.6. The Kier molecular flexibility index (Phi) is 9.89. The normalized spacial score (nSPS) is 19.0. The molecule has 1 atom stereocenters. The number of nitrogens with zero attached hydrogens (tertiary/aromatic N) is 2. The number of guanidine groups is 1. The van der Waals surface area contributed by atoms with E-state index >= 15 is 0 Å². The third-order valence-corrected chi connectivity index (χ3v) is 4.97. The molecule has 0 amide bonds. The summed E-state index contributed by atoms with van der Waals surface area (Å²) in [4.78, 5) is 7.97. The van der Waals surface area contributed by atoms with Gasteiger partial charge in [-0.3, -0.25) is 4.99 Å². The third-order valence-electron chi connectivity index (χ3n) is 3.29. The van der Waals surface area contributed by atoms with Crippen LogP contribution in [0.25, 0.3) is 0 Å². The molecule has 1 N–H and O–H groups in total. The molecule has 0 spiro atoms. The number of ether oxygens (including phenoxy) is 2. The second-order valence-electron chi connectivity index (χ2n) is 4.82. The fourth-order valence-electron chi connectivity index (χ4n) is 2.31. The molecule has 2 rings (SSSR count). The molecule has 1 fully saturated rings. The van der Waals surface area contributed by atoms with E-state index in [1.807, 2.05) is 7.05 Å². The first kappa shape index (κ1) is 20.1. The van der Waals surface area contributed by atoms with Gasteiger partial charge in [0.25, 0.3) is 0 Å². The molecule has 0 saturated carbocycles. The maximum atomic E-state index is 5.67.